The number of imide groups is 1. The van der Waals surface area contributed by atoms with Gasteiger partial charge in [-0.3, -0.25) is 20.4 Å². The number of hydrogen-bond acceptors (Lipinski definition) is 12. The Labute approximate surface area is 256 Å². The highest BCUT2D eigenvalue weighted by Crippen LogP contribution is 2.22. The zero-order valence-corrected chi connectivity index (χ0v) is 24.3. The maximum atomic E-state index is 13.8. The summed E-state index contributed by atoms with van der Waals surface area (Å²) in [4.78, 5) is 50.3. The summed E-state index contributed by atoms with van der Waals surface area (Å²) in [5.41, 5.74) is 5.58. The molecule has 2 fully saturated rings. The van der Waals surface area contributed by atoms with Crippen LogP contribution in [-0.2, 0) is 29.2 Å². The van der Waals surface area contributed by atoms with Crippen LogP contribution >= 0.6 is 0 Å². The van der Waals surface area contributed by atoms with Gasteiger partial charge in [-0.1, -0.05) is 36.4 Å². The molecule has 2 aromatic carbocycles. The average Bonchev–Trinajstić information content (AvgIpc) is 3.35. The highest BCUT2D eigenvalue weighted by Gasteiger charge is 2.46. The van der Waals surface area contributed by atoms with Gasteiger partial charge in [-0.05, 0) is 28.8 Å². The van der Waals surface area contributed by atoms with Gasteiger partial charge in [-0.2, -0.15) is 23.7 Å². The van der Waals surface area contributed by atoms with Crippen LogP contribution in [0.15, 0.2) is 48.5 Å². The first kappa shape index (κ1) is 31.3. The second kappa shape index (κ2) is 13.6. The van der Waals surface area contributed by atoms with E-state index in [9.17, 15) is 23.2 Å². The molecular weight excluding hydrogens is 594 g/mol. The molecule has 2 saturated heterocycles. The van der Waals surface area contributed by atoms with Crippen molar-refractivity contribution in [3.63, 3.8) is 0 Å². The number of hydrazine groups is 1. The standard InChI is InChI=1S/C28H32F2N10O5/c1-45-21-8-6-19(7-9-21)15-32-25-34-24(35-26(36-25)37-40-17-22(41)33-27(40)44)31-14-18-2-4-20(5-3-18)16-38-10-12-39(13-11-38)28(29,30)23(42)43/h2-9H,10-17H2,1H3,(H,42,43)(H,33,41,44)(H3,31,32,34,35,36,37). The van der Waals surface area contributed by atoms with E-state index in [-0.39, 0.29) is 37.5 Å². The molecule has 15 nitrogen and oxygen atoms in total. The van der Waals surface area contributed by atoms with Crippen molar-refractivity contribution in [3.05, 3.63) is 65.2 Å². The van der Waals surface area contributed by atoms with Gasteiger partial charge in [0.25, 0.3) is 0 Å². The Hall–Kier alpha value is -5.16. The van der Waals surface area contributed by atoms with Crippen molar-refractivity contribution in [2.24, 2.45) is 0 Å². The number of hydrogen-bond donors (Lipinski definition) is 5. The Morgan fingerprint density at radius 3 is 1.93 bits per heavy atom. The third-order valence-corrected chi connectivity index (χ3v) is 7.18. The second-order valence-corrected chi connectivity index (χ2v) is 10.3. The van der Waals surface area contributed by atoms with Crippen molar-refractivity contribution in [1.82, 2.24) is 35.1 Å². The lowest BCUT2D eigenvalue weighted by molar-refractivity contribution is -0.201. The third kappa shape index (κ3) is 8.07. The number of amides is 3. The van der Waals surface area contributed by atoms with E-state index in [0.717, 1.165) is 27.4 Å². The molecule has 5 rings (SSSR count). The summed E-state index contributed by atoms with van der Waals surface area (Å²) in [6, 6.07) is 10.7. The second-order valence-electron chi connectivity index (χ2n) is 10.3. The molecule has 0 bridgehead atoms. The summed E-state index contributed by atoms with van der Waals surface area (Å²) < 4.78 is 32.7. The van der Waals surface area contributed by atoms with Gasteiger partial charge in [-0.25, -0.2) is 19.5 Å². The summed E-state index contributed by atoms with van der Waals surface area (Å²) in [7, 11) is 1.59. The highest BCUT2D eigenvalue weighted by molar-refractivity contribution is 6.02. The maximum absolute atomic E-state index is 13.8. The molecule has 0 atom stereocenters. The van der Waals surface area contributed by atoms with Crippen LogP contribution in [0.1, 0.15) is 16.7 Å². The molecule has 17 heteroatoms. The van der Waals surface area contributed by atoms with Gasteiger partial charge in [0.2, 0.25) is 23.8 Å². The lowest BCUT2D eigenvalue weighted by Gasteiger charge is -2.37. The number of aliphatic carboxylic acids is 1. The molecule has 2 aliphatic heterocycles. The number of urea groups is 1. The Balaban J connectivity index is 1.19. The van der Waals surface area contributed by atoms with Gasteiger partial charge >= 0.3 is 18.0 Å². The summed E-state index contributed by atoms with van der Waals surface area (Å²) in [6.07, 6.45) is 0. The summed E-state index contributed by atoms with van der Waals surface area (Å²) in [5.74, 6) is -1.37. The Morgan fingerprint density at radius 2 is 1.42 bits per heavy atom. The van der Waals surface area contributed by atoms with Gasteiger partial charge in [0.15, 0.2) is 0 Å². The summed E-state index contributed by atoms with van der Waals surface area (Å²) in [5, 5.41) is 18.3. The largest absolute Gasteiger partial charge is 0.497 e. The van der Waals surface area contributed by atoms with Crippen LogP contribution in [0.2, 0.25) is 0 Å². The zero-order chi connectivity index (χ0) is 32.0. The molecule has 45 heavy (non-hydrogen) atoms. The molecule has 0 spiro atoms. The molecule has 3 aromatic rings. The molecule has 3 heterocycles. The fourth-order valence-corrected chi connectivity index (χ4v) is 4.69. The fraction of sp³-hybridized carbons (Fsp3) is 0.357. The van der Waals surface area contributed by atoms with E-state index in [0.29, 0.717) is 37.6 Å². The van der Waals surface area contributed by atoms with Crippen LogP contribution in [0.5, 0.6) is 5.75 Å². The van der Waals surface area contributed by atoms with Crippen molar-refractivity contribution in [2.75, 3.05) is 55.9 Å². The van der Waals surface area contributed by atoms with Crippen LogP contribution in [0.25, 0.3) is 0 Å². The summed E-state index contributed by atoms with van der Waals surface area (Å²) >= 11 is 0. The number of alkyl halides is 2. The molecule has 2 aliphatic rings. The maximum Gasteiger partial charge on any atom is 0.401 e. The number of rotatable bonds is 13. The van der Waals surface area contributed by atoms with E-state index >= 15 is 0 Å². The minimum absolute atomic E-state index is 0.0419. The molecule has 0 unspecified atom stereocenters. The quantitative estimate of drug-likeness (QED) is 0.137. The average molecular weight is 627 g/mol. The lowest BCUT2D eigenvalue weighted by atomic mass is 10.1. The van der Waals surface area contributed by atoms with Crippen LogP contribution in [-0.4, -0.2) is 98.7 Å². The van der Waals surface area contributed by atoms with Gasteiger partial charge in [0.05, 0.1) is 7.11 Å². The Bertz CT molecular complexity index is 1520. The highest BCUT2D eigenvalue weighted by atomic mass is 19.3. The lowest BCUT2D eigenvalue weighted by Crippen LogP contribution is -2.56. The molecule has 0 saturated carbocycles. The van der Waals surface area contributed by atoms with Gasteiger partial charge in [-0.15, -0.1) is 0 Å². The van der Waals surface area contributed by atoms with Crippen LogP contribution in [0, 0.1) is 0 Å². The number of anilines is 3. The minimum Gasteiger partial charge on any atom is -0.497 e. The topological polar surface area (TPSA) is 177 Å². The van der Waals surface area contributed by atoms with E-state index in [2.05, 4.69) is 36.3 Å². The van der Waals surface area contributed by atoms with Gasteiger partial charge < -0.3 is 20.5 Å². The number of carboxylic acid groups (broad SMARTS) is 1. The van der Waals surface area contributed by atoms with E-state index in [4.69, 9.17) is 9.84 Å². The smallest absolute Gasteiger partial charge is 0.401 e. The predicted octanol–water partition coefficient (Wildman–Crippen LogP) is 1.78. The van der Waals surface area contributed by atoms with E-state index < -0.39 is 24.0 Å². The van der Waals surface area contributed by atoms with Gasteiger partial charge in [0, 0.05) is 45.8 Å². The van der Waals surface area contributed by atoms with Crippen molar-refractivity contribution in [1.29, 1.82) is 0 Å². The van der Waals surface area contributed by atoms with Crippen molar-refractivity contribution in [3.8, 4) is 5.75 Å². The van der Waals surface area contributed by atoms with E-state index in [1.807, 2.05) is 53.4 Å². The molecule has 5 N–H and O–H groups in total. The number of nitrogens with one attached hydrogen (secondary N) is 4. The zero-order valence-electron chi connectivity index (χ0n) is 24.3. The van der Waals surface area contributed by atoms with Crippen molar-refractivity contribution >= 4 is 35.8 Å². The van der Waals surface area contributed by atoms with Crippen LogP contribution in [0.4, 0.5) is 31.4 Å². The first-order chi connectivity index (χ1) is 21.6. The number of nitrogens with zero attached hydrogens (tertiary/aromatic N) is 6. The number of carbonyl (C=O) groups is 3. The predicted molar refractivity (Wildman–Crippen MR) is 157 cm³/mol. The number of carbonyl (C=O) groups excluding carboxylic acids is 2. The van der Waals surface area contributed by atoms with Crippen LogP contribution in [0.3, 0.4) is 0 Å². The molecule has 0 radical (unpaired) electrons. The van der Waals surface area contributed by atoms with E-state index in [1.54, 1.807) is 7.11 Å². The third-order valence-electron chi connectivity index (χ3n) is 7.18. The first-order valence-electron chi connectivity index (χ1n) is 14.0. The van der Waals surface area contributed by atoms with E-state index in [1.165, 1.54) is 0 Å². The summed E-state index contributed by atoms with van der Waals surface area (Å²) in [6.45, 7) is 1.66. The Morgan fingerprint density at radius 1 is 0.889 bits per heavy atom. The first-order valence-corrected chi connectivity index (χ1v) is 14.0. The molecular formula is C28H32F2N10O5. The number of piperazine rings is 1. The fourth-order valence-electron chi connectivity index (χ4n) is 4.69. The molecule has 1 aromatic heterocycles. The van der Waals surface area contributed by atoms with Crippen molar-refractivity contribution in [2.45, 2.75) is 25.7 Å². The van der Waals surface area contributed by atoms with Crippen LogP contribution < -0.4 is 26.1 Å². The minimum atomic E-state index is -3.87. The Kier molecular flexibility index (Phi) is 9.48. The number of benzene rings is 2. The number of ether oxygens (including phenoxy) is 1. The monoisotopic (exact) mass is 626 g/mol. The molecule has 0 aliphatic carbocycles. The van der Waals surface area contributed by atoms with Gasteiger partial charge in [0.1, 0.15) is 12.3 Å². The number of halogens is 2. The van der Waals surface area contributed by atoms with Crippen molar-refractivity contribution < 1.29 is 33.0 Å². The molecule has 3 amide bonds. The number of methoxy groups -OCH3 is 1. The number of aromatic nitrogens is 3. The SMILES string of the molecule is COc1ccc(CNc2nc(NCc3ccc(CN4CCN(C(F)(F)C(=O)O)CC4)cc3)nc(NN3CC(=O)NC3=O)n2)cc1. The number of carboxylic acids is 1. The normalized spacial score (nSPS) is 15.9. The molecule has 238 valence electrons.